The molecule has 0 atom stereocenters. The third-order valence-electron chi connectivity index (χ3n) is 4.69. The number of rotatable bonds is 5. The first-order valence-corrected chi connectivity index (χ1v) is 9.16. The topological polar surface area (TPSA) is 111 Å². The van der Waals surface area contributed by atoms with Crippen molar-refractivity contribution >= 4 is 17.7 Å². The third kappa shape index (κ3) is 5.40. The summed E-state index contributed by atoms with van der Waals surface area (Å²) in [6.45, 7) is 6.69. The van der Waals surface area contributed by atoms with E-state index in [0.29, 0.717) is 12.8 Å². The van der Waals surface area contributed by atoms with Crippen LogP contribution < -0.4 is 10.6 Å². The maximum atomic E-state index is 14.0. The molecule has 1 fully saturated rings. The second-order valence-corrected chi connectivity index (χ2v) is 8.16. The van der Waals surface area contributed by atoms with E-state index in [1.807, 2.05) is 0 Å². The number of nitrogens with one attached hydrogen (secondary N) is 2. The van der Waals surface area contributed by atoms with Gasteiger partial charge in [-0.2, -0.15) is 0 Å². The first-order chi connectivity index (χ1) is 12.9. The van der Waals surface area contributed by atoms with Crippen LogP contribution in [0.3, 0.4) is 0 Å². The van der Waals surface area contributed by atoms with Crippen molar-refractivity contribution in [2.45, 2.75) is 64.5 Å². The lowest BCUT2D eigenvalue weighted by Crippen LogP contribution is -2.54. The standard InChI is InChI=1S/C19H26FN3O5/c1-12-14(20)9-13(10-15(12)23(26)27)16(24)22-19(7-5-6-8-19)11-21-17(25)28-18(2,3)4/h9-10H,5-8,11H2,1-4H3,(H,21,25)(H,22,24). The van der Waals surface area contributed by atoms with Crippen molar-refractivity contribution in [3.05, 3.63) is 39.2 Å². The Kier molecular flexibility index (Phi) is 6.26. The number of carbonyl (C=O) groups excluding carboxylic acids is 2. The molecule has 1 aliphatic carbocycles. The van der Waals surface area contributed by atoms with E-state index in [4.69, 9.17) is 4.74 Å². The SMILES string of the molecule is Cc1c(F)cc(C(=O)NC2(CNC(=O)OC(C)(C)C)CCCC2)cc1[N+](=O)[O-]. The molecule has 1 aromatic carbocycles. The summed E-state index contributed by atoms with van der Waals surface area (Å²) >= 11 is 0. The van der Waals surface area contributed by atoms with Gasteiger partial charge in [0.25, 0.3) is 11.6 Å². The summed E-state index contributed by atoms with van der Waals surface area (Å²) in [7, 11) is 0. The van der Waals surface area contributed by atoms with Crippen LogP contribution in [0.5, 0.6) is 0 Å². The van der Waals surface area contributed by atoms with Gasteiger partial charge in [-0.05, 0) is 46.6 Å². The fraction of sp³-hybridized carbons (Fsp3) is 0.579. The number of nitrogens with zero attached hydrogens (tertiary/aromatic N) is 1. The molecule has 1 aromatic rings. The molecule has 0 radical (unpaired) electrons. The zero-order valence-electron chi connectivity index (χ0n) is 16.6. The predicted octanol–water partition coefficient (Wildman–Crippen LogP) is 3.61. The van der Waals surface area contributed by atoms with Crippen LogP contribution in [0.1, 0.15) is 62.4 Å². The fourth-order valence-corrected chi connectivity index (χ4v) is 3.25. The number of benzene rings is 1. The lowest BCUT2D eigenvalue weighted by Gasteiger charge is -2.31. The number of hydrogen-bond acceptors (Lipinski definition) is 5. The average molecular weight is 395 g/mol. The first kappa shape index (κ1) is 21.6. The molecule has 0 saturated heterocycles. The molecule has 2 amide bonds. The molecule has 0 bridgehead atoms. The molecule has 1 saturated carbocycles. The molecule has 28 heavy (non-hydrogen) atoms. The zero-order chi connectivity index (χ0) is 21.1. The molecule has 2 N–H and O–H groups in total. The highest BCUT2D eigenvalue weighted by Crippen LogP contribution is 2.30. The number of amides is 2. The summed E-state index contributed by atoms with van der Waals surface area (Å²) in [5, 5.41) is 16.6. The maximum Gasteiger partial charge on any atom is 0.407 e. The predicted molar refractivity (Wildman–Crippen MR) is 101 cm³/mol. The number of nitro groups is 1. The molecule has 0 heterocycles. The molecule has 0 aromatic heterocycles. The Morgan fingerprint density at radius 1 is 1.29 bits per heavy atom. The van der Waals surface area contributed by atoms with Gasteiger partial charge in [-0.25, -0.2) is 9.18 Å². The summed E-state index contributed by atoms with van der Waals surface area (Å²) < 4.78 is 19.2. The average Bonchev–Trinajstić information content (AvgIpc) is 3.02. The Hall–Kier alpha value is -2.71. The van der Waals surface area contributed by atoms with Crippen LogP contribution in [-0.4, -0.2) is 34.6 Å². The Morgan fingerprint density at radius 2 is 1.89 bits per heavy atom. The van der Waals surface area contributed by atoms with E-state index in [1.165, 1.54) is 6.92 Å². The number of ether oxygens (including phenoxy) is 1. The van der Waals surface area contributed by atoms with E-state index in [-0.39, 0.29) is 17.7 Å². The van der Waals surface area contributed by atoms with Gasteiger partial charge >= 0.3 is 6.09 Å². The van der Waals surface area contributed by atoms with E-state index in [2.05, 4.69) is 10.6 Å². The van der Waals surface area contributed by atoms with Crippen LogP contribution in [0.2, 0.25) is 0 Å². The molecule has 1 aliphatic rings. The lowest BCUT2D eigenvalue weighted by molar-refractivity contribution is -0.385. The minimum atomic E-state index is -0.813. The Balaban J connectivity index is 2.15. The highest BCUT2D eigenvalue weighted by molar-refractivity contribution is 5.95. The van der Waals surface area contributed by atoms with Crippen molar-refractivity contribution in [3.63, 3.8) is 0 Å². The number of carbonyl (C=O) groups is 2. The van der Waals surface area contributed by atoms with Crippen LogP contribution in [0.25, 0.3) is 0 Å². The first-order valence-electron chi connectivity index (χ1n) is 9.16. The van der Waals surface area contributed by atoms with Crippen LogP contribution in [0, 0.1) is 22.9 Å². The molecular weight excluding hydrogens is 369 g/mol. The summed E-state index contributed by atoms with van der Waals surface area (Å²) in [5.74, 6) is -1.43. The van der Waals surface area contributed by atoms with Crippen LogP contribution in [0.4, 0.5) is 14.9 Å². The van der Waals surface area contributed by atoms with Gasteiger partial charge in [0.15, 0.2) is 0 Å². The van der Waals surface area contributed by atoms with Crippen molar-refractivity contribution in [2.75, 3.05) is 6.54 Å². The quantitative estimate of drug-likeness (QED) is 0.584. The second-order valence-electron chi connectivity index (χ2n) is 8.16. The summed E-state index contributed by atoms with van der Waals surface area (Å²) in [4.78, 5) is 35.0. The Labute approximate surface area is 163 Å². The van der Waals surface area contributed by atoms with E-state index in [1.54, 1.807) is 20.8 Å². The van der Waals surface area contributed by atoms with Gasteiger partial charge in [0.1, 0.15) is 11.4 Å². The minimum Gasteiger partial charge on any atom is -0.444 e. The van der Waals surface area contributed by atoms with Gasteiger partial charge in [0, 0.05) is 18.2 Å². The molecule has 0 unspecified atom stereocenters. The van der Waals surface area contributed by atoms with Crippen LogP contribution in [-0.2, 0) is 4.74 Å². The summed E-state index contributed by atoms with van der Waals surface area (Å²) in [5.41, 5.74) is -2.04. The van der Waals surface area contributed by atoms with Crippen molar-refractivity contribution in [1.29, 1.82) is 0 Å². The minimum absolute atomic E-state index is 0.122. The van der Waals surface area contributed by atoms with Crippen molar-refractivity contribution in [2.24, 2.45) is 0 Å². The van der Waals surface area contributed by atoms with Gasteiger partial charge in [-0.1, -0.05) is 12.8 Å². The van der Waals surface area contributed by atoms with E-state index >= 15 is 0 Å². The lowest BCUT2D eigenvalue weighted by atomic mass is 9.96. The normalized spacial score (nSPS) is 15.8. The van der Waals surface area contributed by atoms with Crippen molar-refractivity contribution in [3.8, 4) is 0 Å². The number of halogens is 1. The molecule has 0 aliphatic heterocycles. The zero-order valence-corrected chi connectivity index (χ0v) is 16.6. The van der Waals surface area contributed by atoms with Gasteiger partial charge in [-0.3, -0.25) is 14.9 Å². The Morgan fingerprint density at radius 3 is 2.43 bits per heavy atom. The maximum absolute atomic E-state index is 14.0. The fourth-order valence-electron chi connectivity index (χ4n) is 3.25. The van der Waals surface area contributed by atoms with Crippen molar-refractivity contribution < 1.29 is 23.6 Å². The smallest absolute Gasteiger partial charge is 0.407 e. The van der Waals surface area contributed by atoms with Gasteiger partial charge in [0.05, 0.1) is 16.0 Å². The van der Waals surface area contributed by atoms with Gasteiger partial charge < -0.3 is 15.4 Å². The second kappa shape index (κ2) is 8.12. The monoisotopic (exact) mass is 395 g/mol. The third-order valence-corrected chi connectivity index (χ3v) is 4.69. The highest BCUT2D eigenvalue weighted by atomic mass is 19.1. The summed E-state index contributed by atoms with van der Waals surface area (Å²) in [6.07, 6.45) is 2.39. The number of alkyl carbamates (subject to hydrolysis) is 1. The molecular formula is C19H26FN3O5. The van der Waals surface area contributed by atoms with Gasteiger partial charge in [0.2, 0.25) is 0 Å². The largest absolute Gasteiger partial charge is 0.444 e. The van der Waals surface area contributed by atoms with E-state index in [9.17, 15) is 24.1 Å². The van der Waals surface area contributed by atoms with E-state index in [0.717, 1.165) is 25.0 Å². The molecule has 154 valence electrons. The van der Waals surface area contributed by atoms with E-state index < -0.39 is 39.6 Å². The number of nitro benzene ring substituents is 1. The molecule has 9 heteroatoms. The highest BCUT2D eigenvalue weighted by Gasteiger charge is 2.36. The summed E-state index contributed by atoms with van der Waals surface area (Å²) in [6, 6.07) is 2.05. The Bertz CT molecular complexity index is 783. The van der Waals surface area contributed by atoms with Gasteiger partial charge in [-0.15, -0.1) is 0 Å². The van der Waals surface area contributed by atoms with Crippen LogP contribution >= 0.6 is 0 Å². The molecule has 0 spiro atoms. The van der Waals surface area contributed by atoms with Crippen LogP contribution in [0.15, 0.2) is 12.1 Å². The molecule has 2 rings (SSSR count). The molecule has 8 nitrogen and oxygen atoms in total. The van der Waals surface area contributed by atoms with Crippen molar-refractivity contribution in [1.82, 2.24) is 10.6 Å². The number of hydrogen-bond donors (Lipinski definition) is 2.